The van der Waals surface area contributed by atoms with Gasteiger partial charge in [0.15, 0.2) is 0 Å². The van der Waals surface area contributed by atoms with Gasteiger partial charge >= 0.3 is 5.97 Å². The zero-order valence-corrected chi connectivity index (χ0v) is 7.96. The highest BCUT2D eigenvalue weighted by Crippen LogP contribution is 2.68. The average molecular weight is 182 g/mol. The molecular formula is C10H14O3. The van der Waals surface area contributed by atoms with Gasteiger partial charge in [-0.2, -0.15) is 0 Å². The summed E-state index contributed by atoms with van der Waals surface area (Å²) in [7, 11) is 0. The molecule has 13 heavy (non-hydrogen) atoms. The molecule has 0 amide bonds. The summed E-state index contributed by atoms with van der Waals surface area (Å²) < 4.78 is 0. The Morgan fingerprint density at radius 3 is 2.31 bits per heavy atom. The molecule has 0 radical (unpaired) electrons. The van der Waals surface area contributed by atoms with Crippen LogP contribution in [0.2, 0.25) is 0 Å². The normalized spacial score (nSPS) is 33.7. The molecule has 1 N–H and O–H groups in total. The number of Topliss-reactive ketones (excluding diaryl/α,β-unsaturated/α-hetero) is 1. The van der Waals surface area contributed by atoms with Crippen LogP contribution >= 0.6 is 0 Å². The quantitative estimate of drug-likeness (QED) is 0.668. The highest BCUT2D eigenvalue weighted by atomic mass is 16.4. The molecule has 0 saturated heterocycles. The first kappa shape index (κ1) is 8.73. The molecule has 1 atom stereocenters. The second-order valence-electron chi connectivity index (χ2n) is 4.99. The van der Waals surface area contributed by atoms with Gasteiger partial charge in [-0.15, -0.1) is 0 Å². The van der Waals surface area contributed by atoms with E-state index in [2.05, 4.69) is 0 Å². The van der Waals surface area contributed by atoms with Crippen molar-refractivity contribution >= 4 is 11.8 Å². The number of rotatable bonds is 1. The highest BCUT2D eigenvalue weighted by molar-refractivity contribution is 5.88. The maximum atomic E-state index is 10.9. The summed E-state index contributed by atoms with van der Waals surface area (Å²) in [6.07, 6.45) is 1.90. The van der Waals surface area contributed by atoms with E-state index in [1.807, 2.05) is 13.8 Å². The number of ketones is 1. The highest BCUT2D eigenvalue weighted by Gasteiger charge is 2.67. The van der Waals surface area contributed by atoms with Gasteiger partial charge in [0.05, 0.1) is 5.92 Å². The van der Waals surface area contributed by atoms with Gasteiger partial charge in [-0.1, -0.05) is 13.8 Å². The molecule has 0 heterocycles. The van der Waals surface area contributed by atoms with Crippen molar-refractivity contribution in [2.45, 2.75) is 33.1 Å². The predicted molar refractivity (Wildman–Crippen MR) is 46.2 cm³/mol. The first-order valence-corrected chi connectivity index (χ1v) is 4.64. The minimum Gasteiger partial charge on any atom is -0.481 e. The van der Waals surface area contributed by atoms with E-state index in [1.165, 1.54) is 0 Å². The van der Waals surface area contributed by atoms with Crippen LogP contribution in [0, 0.1) is 16.7 Å². The van der Waals surface area contributed by atoms with Crippen LogP contribution in [-0.2, 0) is 9.59 Å². The lowest BCUT2D eigenvalue weighted by Gasteiger charge is -2.64. The lowest BCUT2D eigenvalue weighted by molar-refractivity contribution is -0.197. The van der Waals surface area contributed by atoms with Crippen LogP contribution in [0.15, 0.2) is 0 Å². The standard InChI is InChI=1S/C10H14O3/c1-9(2)7(8(12)13)5-10(9)3-6(11)4-10/h7H,3-5H2,1-2H3,(H,12,13). The predicted octanol–water partition coefficient (Wildman–Crippen LogP) is 1.47. The first-order valence-electron chi connectivity index (χ1n) is 4.64. The van der Waals surface area contributed by atoms with E-state index >= 15 is 0 Å². The van der Waals surface area contributed by atoms with Crippen molar-refractivity contribution in [3.63, 3.8) is 0 Å². The molecular weight excluding hydrogens is 168 g/mol. The third-order valence-corrected chi connectivity index (χ3v) is 4.20. The molecule has 1 spiro atoms. The molecule has 2 aliphatic carbocycles. The molecule has 1 unspecified atom stereocenters. The van der Waals surface area contributed by atoms with Crippen molar-refractivity contribution in [2.75, 3.05) is 0 Å². The van der Waals surface area contributed by atoms with Gasteiger partial charge in [-0.05, 0) is 17.3 Å². The molecule has 0 aliphatic heterocycles. The Bertz CT molecular complexity index is 283. The second kappa shape index (κ2) is 2.14. The molecule has 0 bridgehead atoms. The zero-order chi connectivity index (χ0) is 9.85. The van der Waals surface area contributed by atoms with Gasteiger partial charge in [-0.25, -0.2) is 0 Å². The fourth-order valence-corrected chi connectivity index (χ4v) is 2.85. The SMILES string of the molecule is CC1(C)C(C(=O)O)CC12CC(=O)C2. The van der Waals surface area contributed by atoms with Crippen molar-refractivity contribution < 1.29 is 14.7 Å². The van der Waals surface area contributed by atoms with E-state index in [9.17, 15) is 9.59 Å². The van der Waals surface area contributed by atoms with Gasteiger partial charge in [0.25, 0.3) is 0 Å². The molecule has 2 saturated carbocycles. The minimum absolute atomic E-state index is 0.0349. The van der Waals surface area contributed by atoms with Crippen LogP contribution in [0.1, 0.15) is 33.1 Å². The Labute approximate surface area is 77.1 Å². The number of hydrogen-bond donors (Lipinski definition) is 1. The fourth-order valence-electron chi connectivity index (χ4n) is 2.85. The van der Waals surface area contributed by atoms with Gasteiger partial charge in [0, 0.05) is 12.8 Å². The molecule has 2 aliphatic rings. The van der Waals surface area contributed by atoms with E-state index in [1.54, 1.807) is 0 Å². The summed E-state index contributed by atoms with van der Waals surface area (Å²) >= 11 is 0. The summed E-state index contributed by atoms with van der Waals surface area (Å²) in [6.45, 7) is 3.95. The molecule has 3 nitrogen and oxygen atoms in total. The molecule has 2 rings (SSSR count). The Kier molecular flexibility index (Phi) is 1.44. The molecule has 2 fully saturated rings. The Morgan fingerprint density at radius 2 is 2.00 bits per heavy atom. The molecule has 72 valence electrons. The minimum atomic E-state index is -0.713. The van der Waals surface area contributed by atoms with Gasteiger partial charge in [0.1, 0.15) is 5.78 Å². The van der Waals surface area contributed by atoms with Crippen LogP contribution in [-0.4, -0.2) is 16.9 Å². The second-order valence-corrected chi connectivity index (χ2v) is 4.99. The van der Waals surface area contributed by atoms with Crippen molar-refractivity contribution in [3.05, 3.63) is 0 Å². The van der Waals surface area contributed by atoms with Crippen molar-refractivity contribution in [1.29, 1.82) is 0 Å². The van der Waals surface area contributed by atoms with E-state index in [0.717, 1.165) is 0 Å². The fraction of sp³-hybridized carbons (Fsp3) is 0.800. The van der Waals surface area contributed by atoms with E-state index in [-0.39, 0.29) is 22.5 Å². The van der Waals surface area contributed by atoms with Gasteiger partial charge in [-0.3, -0.25) is 9.59 Å². The summed E-state index contributed by atoms with van der Waals surface area (Å²) in [6, 6.07) is 0. The van der Waals surface area contributed by atoms with Crippen LogP contribution < -0.4 is 0 Å². The van der Waals surface area contributed by atoms with Crippen LogP contribution in [0.4, 0.5) is 0 Å². The third kappa shape index (κ3) is 0.847. The zero-order valence-electron chi connectivity index (χ0n) is 7.96. The van der Waals surface area contributed by atoms with Crippen molar-refractivity contribution in [1.82, 2.24) is 0 Å². The monoisotopic (exact) mass is 182 g/mol. The summed E-state index contributed by atoms with van der Waals surface area (Å²) in [4.78, 5) is 21.7. The number of carbonyl (C=O) groups excluding carboxylic acids is 1. The largest absolute Gasteiger partial charge is 0.481 e. The van der Waals surface area contributed by atoms with E-state index in [0.29, 0.717) is 19.3 Å². The number of carbonyl (C=O) groups is 2. The summed E-state index contributed by atoms with van der Waals surface area (Å²) in [5, 5.41) is 8.90. The maximum absolute atomic E-state index is 10.9. The van der Waals surface area contributed by atoms with Gasteiger partial charge in [0.2, 0.25) is 0 Å². The lowest BCUT2D eigenvalue weighted by atomic mass is 9.38. The molecule has 3 heteroatoms. The summed E-state index contributed by atoms with van der Waals surface area (Å²) in [5.74, 6) is -0.674. The summed E-state index contributed by atoms with van der Waals surface area (Å²) in [5.41, 5.74) is -0.153. The Hall–Kier alpha value is -0.860. The Morgan fingerprint density at radius 1 is 1.46 bits per heavy atom. The van der Waals surface area contributed by atoms with E-state index < -0.39 is 5.97 Å². The smallest absolute Gasteiger partial charge is 0.307 e. The molecule has 0 aromatic rings. The van der Waals surface area contributed by atoms with Crippen LogP contribution in [0.5, 0.6) is 0 Å². The number of carboxylic acids is 1. The van der Waals surface area contributed by atoms with E-state index in [4.69, 9.17) is 5.11 Å². The topological polar surface area (TPSA) is 54.4 Å². The van der Waals surface area contributed by atoms with Crippen molar-refractivity contribution in [3.8, 4) is 0 Å². The van der Waals surface area contributed by atoms with Crippen LogP contribution in [0.3, 0.4) is 0 Å². The number of aliphatic carboxylic acids is 1. The van der Waals surface area contributed by atoms with Crippen molar-refractivity contribution in [2.24, 2.45) is 16.7 Å². The third-order valence-electron chi connectivity index (χ3n) is 4.20. The maximum Gasteiger partial charge on any atom is 0.307 e. The van der Waals surface area contributed by atoms with Gasteiger partial charge < -0.3 is 5.11 Å². The number of hydrogen-bond acceptors (Lipinski definition) is 2. The van der Waals surface area contributed by atoms with Crippen LogP contribution in [0.25, 0.3) is 0 Å². The first-order chi connectivity index (χ1) is 5.89. The number of carboxylic acid groups (broad SMARTS) is 1. The lowest BCUT2D eigenvalue weighted by Crippen LogP contribution is -2.63. The molecule has 0 aromatic heterocycles. The molecule has 0 aromatic carbocycles. The Balaban J connectivity index is 2.15. The average Bonchev–Trinajstić information content (AvgIpc) is 1.94.